The Hall–Kier alpha value is -2.00. The number of rotatable bonds is 6. The van der Waals surface area contributed by atoms with E-state index in [0.29, 0.717) is 23.8 Å². The van der Waals surface area contributed by atoms with Crippen molar-refractivity contribution in [2.75, 3.05) is 7.05 Å². The van der Waals surface area contributed by atoms with Crippen molar-refractivity contribution in [2.24, 2.45) is 0 Å². The largest absolute Gasteiger partial charge is 0.487 e. The van der Waals surface area contributed by atoms with Crippen LogP contribution >= 0.6 is 11.6 Å². The Bertz CT molecular complexity index is 698. The second-order valence-corrected chi connectivity index (χ2v) is 5.88. The molecule has 4 heteroatoms. The summed E-state index contributed by atoms with van der Waals surface area (Å²) in [6.07, 6.45) is 1.29. The van der Waals surface area contributed by atoms with Crippen molar-refractivity contribution in [1.82, 2.24) is 5.32 Å². The minimum atomic E-state index is -0.0152. The zero-order valence-electron chi connectivity index (χ0n) is 13.8. The quantitative estimate of drug-likeness (QED) is 0.866. The number of benzene rings is 2. The zero-order chi connectivity index (χ0) is 16.8. The third-order valence-electron chi connectivity index (χ3n) is 3.90. The Morgan fingerprint density at radius 2 is 1.87 bits per heavy atom. The molecule has 0 aliphatic carbocycles. The Morgan fingerprint density at radius 1 is 1.17 bits per heavy atom. The minimum Gasteiger partial charge on any atom is -0.487 e. The van der Waals surface area contributed by atoms with Gasteiger partial charge in [0.1, 0.15) is 12.4 Å². The Kier molecular flexibility index (Phi) is 6.05. The summed E-state index contributed by atoms with van der Waals surface area (Å²) in [4.78, 5) is 11.6. The van der Waals surface area contributed by atoms with E-state index in [-0.39, 0.29) is 5.91 Å². The maximum absolute atomic E-state index is 11.6. The summed E-state index contributed by atoms with van der Waals surface area (Å²) in [7, 11) is 1.64. The van der Waals surface area contributed by atoms with Crippen molar-refractivity contribution >= 4 is 17.5 Å². The second kappa shape index (κ2) is 8.02. The molecule has 1 N–H and O–H groups in total. The molecular weight excluding hydrogens is 310 g/mol. The number of hydrogen-bond acceptors (Lipinski definition) is 2. The highest BCUT2D eigenvalue weighted by molar-refractivity contribution is 6.32. The van der Waals surface area contributed by atoms with E-state index in [2.05, 4.69) is 19.2 Å². The molecule has 0 spiro atoms. The van der Waals surface area contributed by atoms with Crippen LogP contribution in [-0.2, 0) is 24.2 Å². The van der Waals surface area contributed by atoms with E-state index in [9.17, 15) is 4.79 Å². The fraction of sp³-hybridized carbons (Fsp3) is 0.316. The number of ether oxygens (including phenoxy) is 1. The van der Waals surface area contributed by atoms with Crippen molar-refractivity contribution in [2.45, 2.75) is 33.3 Å². The van der Waals surface area contributed by atoms with E-state index in [1.54, 1.807) is 7.05 Å². The molecule has 122 valence electrons. The maximum Gasteiger partial charge on any atom is 0.224 e. The highest BCUT2D eigenvalue weighted by atomic mass is 35.5. The van der Waals surface area contributed by atoms with Gasteiger partial charge in [0.05, 0.1) is 11.4 Å². The SMILES string of the molecule is CCc1cc(Cl)c(OCc2ccccc2CC(=O)NC)cc1C. The van der Waals surface area contributed by atoms with Gasteiger partial charge in [-0.15, -0.1) is 0 Å². The fourth-order valence-electron chi connectivity index (χ4n) is 2.48. The summed E-state index contributed by atoms with van der Waals surface area (Å²) >= 11 is 6.30. The summed E-state index contributed by atoms with van der Waals surface area (Å²) in [5.41, 5.74) is 4.35. The van der Waals surface area contributed by atoms with Crippen LogP contribution in [0.1, 0.15) is 29.2 Å². The van der Waals surface area contributed by atoms with E-state index >= 15 is 0 Å². The van der Waals surface area contributed by atoms with E-state index in [0.717, 1.165) is 17.5 Å². The molecule has 0 aromatic heterocycles. The van der Waals surface area contributed by atoms with Gasteiger partial charge in [-0.2, -0.15) is 0 Å². The molecule has 2 rings (SSSR count). The Balaban J connectivity index is 2.15. The first-order valence-corrected chi connectivity index (χ1v) is 8.12. The molecule has 0 radical (unpaired) electrons. The van der Waals surface area contributed by atoms with Crippen LogP contribution in [0.15, 0.2) is 36.4 Å². The number of aryl methyl sites for hydroxylation is 2. The van der Waals surface area contributed by atoms with Gasteiger partial charge in [-0.1, -0.05) is 42.8 Å². The number of carbonyl (C=O) groups excluding carboxylic acids is 1. The number of nitrogens with one attached hydrogen (secondary N) is 1. The summed E-state index contributed by atoms with van der Waals surface area (Å²) in [6.45, 7) is 4.55. The molecule has 0 fully saturated rings. The Morgan fingerprint density at radius 3 is 2.52 bits per heavy atom. The van der Waals surface area contributed by atoms with Gasteiger partial charge >= 0.3 is 0 Å². The topological polar surface area (TPSA) is 38.3 Å². The fourth-order valence-corrected chi connectivity index (χ4v) is 2.72. The predicted molar refractivity (Wildman–Crippen MR) is 94.1 cm³/mol. The highest BCUT2D eigenvalue weighted by Gasteiger charge is 2.10. The van der Waals surface area contributed by atoms with Gasteiger partial charge in [0.2, 0.25) is 5.91 Å². The molecule has 2 aromatic rings. The van der Waals surface area contributed by atoms with Crippen LogP contribution in [0.4, 0.5) is 0 Å². The first-order chi connectivity index (χ1) is 11.0. The van der Waals surface area contributed by atoms with Gasteiger partial charge in [0.25, 0.3) is 0 Å². The number of carbonyl (C=O) groups is 1. The monoisotopic (exact) mass is 331 g/mol. The third kappa shape index (κ3) is 4.49. The van der Waals surface area contributed by atoms with Gasteiger partial charge in [-0.05, 0) is 47.7 Å². The van der Waals surface area contributed by atoms with E-state index < -0.39 is 0 Å². The van der Waals surface area contributed by atoms with Gasteiger partial charge in [-0.3, -0.25) is 4.79 Å². The normalized spacial score (nSPS) is 10.4. The van der Waals surface area contributed by atoms with Crippen molar-refractivity contribution in [3.8, 4) is 5.75 Å². The van der Waals surface area contributed by atoms with Crippen LogP contribution in [-0.4, -0.2) is 13.0 Å². The summed E-state index contributed by atoms with van der Waals surface area (Å²) in [5.74, 6) is 0.662. The van der Waals surface area contributed by atoms with Gasteiger partial charge in [0.15, 0.2) is 0 Å². The summed E-state index contributed by atoms with van der Waals surface area (Å²) in [5, 5.41) is 3.26. The molecular formula is C19H22ClNO2. The van der Waals surface area contributed by atoms with Crippen LogP contribution in [0.3, 0.4) is 0 Å². The molecule has 0 aliphatic heterocycles. The van der Waals surface area contributed by atoms with E-state index in [4.69, 9.17) is 16.3 Å². The van der Waals surface area contributed by atoms with Crippen LogP contribution in [0.25, 0.3) is 0 Å². The van der Waals surface area contributed by atoms with Gasteiger partial charge < -0.3 is 10.1 Å². The highest BCUT2D eigenvalue weighted by Crippen LogP contribution is 2.29. The van der Waals surface area contributed by atoms with Crippen molar-refractivity contribution in [3.63, 3.8) is 0 Å². The zero-order valence-corrected chi connectivity index (χ0v) is 14.5. The lowest BCUT2D eigenvalue weighted by Crippen LogP contribution is -2.20. The molecule has 0 aliphatic rings. The van der Waals surface area contributed by atoms with Crippen LogP contribution in [0.2, 0.25) is 5.02 Å². The van der Waals surface area contributed by atoms with Crippen molar-refractivity contribution in [1.29, 1.82) is 0 Å². The lowest BCUT2D eigenvalue weighted by molar-refractivity contribution is -0.119. The van der Waals surface area contributed by atoms with E-state index in [1.165, 1.54) is 11.1 Å². The number of hydrogen-bond donors (Lipinski definition) is 1. The molecule has 1 amide bonds. The second-order valence-electron chi connectivity index (χ2n) is 5.47. The average molecular weight is 332 g/mol. The van der Waals surface area contributed by atoms with E-state index in [1.807, 2.05) is 36.4 Å². The minimum absolute atomic E-state index is 0.0152. The number of halogens is 1. The van der Waals surface area contributed by atoms with Crippen LogP contribution in [0, 0.1) is 6.92 Å². The first-order valence-electron chi connectivity index (χ1n) is 7.74. The Labute approximate surface area is 142 Å². The standard InChI is InChI=1S/C19H22ClNO2/c1-4-14-10-17(20)18(9-13(14)2)23-12-16-8-6-5-7-15(16)11-19(22)21-3/h5-10H,4,11-12H2,1-3H3,(H,21,22). The molecule has 0 heterocycles. The van der Waals surface area contributed by atoms with Crippen molar-refractivity contribution in [3.05, 3.63) is 63.7 Å². The van der Waals surface area contributed by atoms with Gasteiger partial charge in [-0.25, -0.2) is 0 Å². The molecule has 0 bridgehead atoms. The smallest absolute Gasteiger partial charge is 0.224 e. The first kappa shape index (κ1) is 17.4. The molecule has 3 nitrogen and oxygen atoms in total. The van der Waals surface area contributed by atoms with Crippen LogP contribution < -0.4 is 10.1 Å². The molecule has 0 atom stereocenters. The molecule has 0 saturated heterocycles. The molecule has 2 aromatic carbocycles. The average Bonchev–Trinajstić information content (AvgIpc) is 2.56. The van der Waals surface area contributed by atoms with Crippen LogP contribution in [0.5, 0.6) is 5.75 Å². The predicted octanol–water partition coefficient (Wildman–Crippen LogP) is 4.08. The molecule has 0 unspecified atom stereocenters. The number of amides is 1. The molecule has 23 heavy (non-hydrogen) atoms. The lowest BCUT2D eigenvalue weighted by atomic mass is 10.0. The lowest BCUT2D eigenvalue weighted by Gasteiger charge is -2.14. The third-order valence-corrected chi connectivity index (χ3v) is 4.20. The molecule has 0 saturated carbocycles. The summed E-state index contributed by atoms with van der Waals surface area (Å²) < 4.78 is 5.90. The van der Waals surface area contributed by atoms with Crippen molar-refractivity contribution < 1.29 is 9.53 Å². The maximum atomic E-state index is 11.6. The number of likely N-dealkylation sites (N-methyl/N-ethyl adjacent to an activating group) is 1. The summed E-state index contributed by atoms with van der Waals surface area (Å²) in [6, 6.07) is 11.7. The van der Waals surface area contributed by atoms with Gasteiger partial charge in [0, 0.05) is 7.05 Å².